The number of aryl methyl sites for hydroxylation is 4. The van der Waals surface area contributed by atoms with E-state index in [9.17, 15) is 4.79 Å². The molecule has 0 aromatic carbocycles. The van der Waals surface area contributed by atoms with Gasteiger partial charge in [0.05, 0.1) is 24.9 Å². The van der Waals surface area contributed by atoms with Crippen LogP contribution in [0.25, 0.3) is 0 Å². The van der Waals surface area contributed by atoms with Gasteiger partial charge in [0.15, 0.2) is 0 Å². The number of hydrogen-bond acceptors (Lipinski definition) is 4. The minimum Gasteiger partial charge on any atom is -0.377 e. The van der Waals surface area contributed by atoms with E-state index in [1.807, 2.05) is 38.7 Å². The highest BCUT2D eigenvalue weighted by molar-refractivity contribution is 5.94. The number of ether oxygens (including phenoxy) is 1. The van der Waals surface area contributed by atoms with Crippen LogP contribution in [0.3, 0.4) is 0 Å². The summed E-state index contributed by atoms with van der Waals surface area (Å²) in [7, 11) is 0. The van der Waals surface area contributed by atoms with Crippen molar-refractivity contribution in [3.8, 4) is 0 Å². The number of hydrogen-bond donors (Lipinski definition) is 1. The number of aromatic amines is 1. The Kier molecular flexibility index (Phi) is 4.17. The molecule has 1 unspecified atom stereocenters. The first-order valence-corrected chi connectivity index (χ1v) is 7.82. The van der Waals surface area contributed by atoms with E-state index in [1.165, 1.54) is 0 Å². The molecule has 3 heterocycles. The van der Waals surface area contributed by atoms with Gasteiger partial charge in [0.1, 0.15) is 5.69 Å². The van der Waals surface area contributed by atoms with Crippen LogP contribution >= 0.6 is 0 Å². The fraction of sp³-hybridized carbons (Fsp3) is 0.471. The van der Waals surface area contributed by atoms with Gasteiger partial charge in [-0.1, -0.05) is 6.07 Å². The third-order valence-corrected chi connectivity index (χ3v) is 4.33. The summed E-state index contributed by atoms with van der Waals surface area (Å²) in [5.74, 6) is -0.0456. The van der Waals surface area contributed by atoms with Gasteiger partial charge in [0, 0.05) is 24.0 Å². The maximum atomic E-state index is 13.0. The standard InChI is InChI=1S/C17H22N4O2/c1-10-7-11(2)16(18-8-10)17(22)21-5-6-23-9-14(21)15-12(3)19-20-13(15)4/h7-8,14H,5-6,9H2,1-4H3,(H,19,20). The Morgan fingerprint density at radius 1 is 1.35 bits per heavy atom. The molecule has 6 heteroatoms. The first kappa shape index (κ1) is 15.7. The van der Waals surface area contributed by atoms with Crippen LogP contribution in [0.1, 0.15) is 44.6 Å². The number of aromatic nitrogens is 3. The van der Waals surface area contributed by atoms with Gasteiger partial charge in [-0.15, -0.1) is 0 Å². The van der Waals surface area contributed by atoms with Gasteiger partial charge in [-0.3, -0.25) is 14.9 Å². The number of rotatable bonds is 2. The van der Waals surface area contributed by atoms with Crippen molar-refractivity contribution >= 4 is 5.91 Å². The summed E-state index contributed by atoms with van der Waals surface area (Å²) in [6.07, 6.45) is 1.74. The second-order valence-corrected chi connectivity index (χ2v) is 6.12. The maximum absolute atomic E-state index is 13.0. The lowest BCUT2D eigenvalue weighted by atomic mass is 10.0. The SMILES string of the molecule is Cc1cnc(C(=O)N2CCOCC2c2c(C)n[nH]c2C)c(C)c1. The molecule has 1 fully saturated rings. The summed E-state index contributed by atoms with van der Waals surface area (Å²) in [6.45, 7) is 9.41. The van der Waals surface area contributed by atoms with E-state index in [2.05, 4.69) is 15.2 Å². The molecule has 0 bridgehead atoms. The molecule has 3 rings (SSSR count). The molecule has 0 radical (unpaired) electrons. The molecule has 2 aromatic rings. The Balaban J connectivity index is 1.97. The summed E-state index contributed by atoms with van der Waals surface area (Å²) >= 11 is 0. The van der Waals surface area contributed by atoms with Crippen molar-refractivity contribution in [3.63, 3.8) is 0 Å². The minimum atomic E-state index is -0.127. The molecule has 1 amide bonds. The van der Waals surface area contributed by atoms with Gasteiger partial charge < -0.3 is 9.64 Å². The summed E-state index contributed by atoms with van der Waals surface area (Å²) in [5.41, 5.74) is 5.40. The van der Waals surface area contributed by atoms with Gasteiger partial charge in [-0.25, -0.2) is 0 Å². The molecule has 23 heavy (non-hydrogen) atoms. The van der Waals surface area contributed by atoms with Crippen molar-refractivity contribution in [1.29, 1.82) is 0 Å². The Labute approximate surface area is 135 Å². The highest BCUT2D eigenvalue weighted by Gasteiger charge is 2.33. The molecule has 6 nitrogen and oxygen atoms in total. The highest BCUT2D eigenvalue weighted by atomic mass is 16.5. The molecule has 122 valence electrons. The van der Waals surface area contributed by atoms with Gasteiger partial charge in [-0.2, -0.15) is 5.10 Å². The van der Waals surface area contributed by atoms with E-state index < -0.39 is 0 Å². The fourth-order valence-electron chi connectivity index (χ4n) is 3.21. The van der Waals surface area contributed by atoms with E-state index >= 15 is 0 Å². The zero-order valence-electron chi connectivity index (χ0n) is 14.0. The molecule has 0 spiro atoms. The van der Waals surface area contributed by atoms with Gasteiger partial charge in [-0.05, 0) is 38.8 Å². The van der Waals surface area contributed by atoms with Crippen LogP contribution in [-0.2, 0) is 4.74 Å². The maximum Gasteiger partial charge on any atom is 0.273 e. The zero-order chi connectivity index (χ0) is 16.6. The topological polar surface area (TPSA) is 71.1 Å². The predicted molar refractivity (Wildman–Crippen MR) is 86.4 cm³/mol. The van der Waals surface area contributed by atoms with Crippen molar-refractivity contribution in [2.45, 2.75) is 33.7 Å². The lowest BCUT2D eigenvalue weighted by molar-refractivity contribution is -0.00337. The molecule has 2 aromatic heterocycles. The van der Waals surface area contributed by atoms with E-state index in [-0.39, 0.29) is 11.9 Å². The van der Waals surface area contributed by atoms with Crippen LogP contribution in [-0.4, -0.2) is 45.7 Å². The lowest BCUT2D eigenvalue weighted by Gasteiger charge is -2.36. The summed E-state index contributed by atoms with van der Waals surface area (Å²) < 4.78 is 5.63. The molecular formula is C17H22N4O2. The number of morpholine rings is 1. The van der Waals surface area contributed by atoms with E-state index in [0.717, 1.165) is 28.1 Å². The third-order valence-electron chi connectivity index (χ3n) is 4.33. The monoisotopic (exact) mass is 314 g/mol. The summed E-state index contributed by atoms with van der Waals surface area (Å²) in [6, 6.07) is 1.86. The van der Waals surface area contributed by atoms with Crippen molar-refractivity contribution in [2.75, 3.05) is 19.8 Å². The lowest BCUT2D eigenvalue weighted by Crippen LogP contribution is -2.44. The van der Waals surface area contributed by atoms with Crippen LogP contribution in [0.4, 0.5) is 0 Å². The van der Waals surface area contributed by atoms with E-state index in [1.54, 1.807) is 6.20 Å². The average Bonchev–Trinajstić information content (AvgIpc) is 2.85. The van der Waals surface area contributed by atoms with Crippen molar-refractivity contribution < 1.29 is 9.53 Å². The number of carbonyl (C=O) groups excluding carboxylic acids is 1. The second-order valence-electron chi connectivity index (χ2n) is 6.12. The first-order valence-electron chi connectivity index (χ1n) is 7.82. The zero-order valence-corrected chi connectivity index (χ0v) is 14.0. The van der Waals surface area contributed by atoms with Crippen LogP contribution < -0.4 is 0 Å². The number of amides is 1. The van der Waals surface area contributed by atoms with Crippen LogP contribution in [0.2, 0.25) is 0 Å². The average molecular weight is 314 g/mol. The Morgan fingerprint density at radius 2 is 2.13 bits per heavy atom. The Hall–Kier alpha value is -2.21. The van der Waals surface area contributed by atoms with E-state index in [0.29, 0.717) is 25.5 Å². The summed E-state index contributed by atoms with van der Waals surface area (Å²) in [5, 5.41) is 7.25. The highest BCUT2D eigenvalue weighted by Crippen LogP contribution is 2.29. The van der Waals surface area contributed by atoms with Crippen LogP contribution in [0.15, 0.2) is 12.3 Å². The fourth-order valence-corrected chi connectivity index (χ4v) is 3.21. The smallest absolute Gasteiger partial charge is 0.273 e. The Morgan fingerprint density at radius 3 is 2.78 bits per heavy atom. The number of H-pyrrole nitrogens is 1. The second kappa shape index (κ2) is 6.12. The normalized spacial score (nSPS) is 18.3. The number of carbonyl (C=O) groups is 1. The van der Waals surface area contributed by atoms with Crippen LogP contribution in [0, 0.1) is 27.7 Å². The number of pyridine rings is 1. The van der Waals surface area contributed by atoms with Crippen LogP contribution in [0.5, 0.6) is 0 Å². The van der Waals surface area contributed by atoms with E-state index in [4.69, 9.17) is 4.74 Å². The van der Waals surface area contributed by atoms with Crippen molar-refractivity contribution in [1.82, 2.24) is 20.1 Å². The molecular weight excluding hydrogens is 292 g/mol. The number of nitrogens with zero attached hydrogens (tertiary/aromatic N) is 3. The molecule has 1 N–H and O–H groups in total. The van der Waals surface area contributed by atoms with Gasteiger partial charge in [0.2, 0.25) is 0 Å². The quantitative estimate of drug-likeness (QED) is 0.923. The number of nitrogens with one attached hydrogen (secondary N) is 1. The van der Waals surface area contributed by atoms with Crippen molar-refractivity contribution in [3.05, 3.63) is 46.0 Å². The predicted octanol–water partition coefficient (Wildman–Crippen LogP) is 2.25. The molecule has 0 saturated carbocycles. The molecule has 1 saturated heterocycles. The molecule has 0 aliphatic carbocycles. The largest absolute Gasteiger partial charge is 0.377 e. The molecule has 1 atom stereocenters. The van der Waals surface area contributed by atoms with Gasteiger partial charge >= 0.3 is 0 Å². The first-order chi connectivity index (χ1) is 11.0. The third kappa shape index (κ3) is 2.86. The molecule has 1 aliphatic rings. The Bertz CT molecular complexity index is 719. The van der Waals surface area contributed by atoms with Gasteiger partial charge in [0.25, 0.3) is 5.91 Å². The van der Waals surface area contributed by atoms with Crippen molar-refractivity contribution in [2.24, 2.45) is 0 Å². The molecule has 1 aliphatic heterocycles. The summed E-state index contributed by atoms with van der Waals surface area (Å²) in [4.78, 5) is 19.3. The minimum absolute atomic E-state index is 0.0456.